The number of carbonyl (C=O) groups excluding carboxylic acids is 2. The van der Waals surface area contributed by atoms with Gasteiger partial charge in [-0.3, -0.25) is 9.59 Å². The molecule has 0 N–H and O–H groups in total. The summed E-state index contributed by atoms with van der Waals surface area (Å²) >= 11 is 0. The molecule has 0 aromatic carbocycles. The van der Waals surface area contributed by atoms with Crippen molar-refractivity contribution in [2.45, 2.75) is 12.7 Å². The number of carbonyl (C=O) groups is 2. The van der Waals surface area contributed by atoms with Crippen LogP contribution in [-0.2, 0) is 23.8 Å². The number of ketones is 1. The molecule has 8 heteroatoms. The van der Waals surface area contributed by atoms with Crippen molar-refractivity contribution in [3.8, 4) is 0 Å². The van der Waals surface area contributed by atoms with Crippen molar-refractivity contribution in [3.63, 3.8) is 0 Å². The molecule has 0 spiro atoms. The first-order valence-corrected chi connectivity index (χ1v) is 3.94. The molecule has 1 atom stereocenters. The summed E-state index contributed by atoms with van der Waals surface area (Å²) in [5.41, 5.74) is 0. The zero-order chi connectivity index (χ0) is 12.0. The van der Waals surface area contributed by atoms with Gasteiger partial charge >= 0.3 is 57.4 Å². The first kappa shape index (κ1) is 18.9. The second kappa shape index (κ2) is 9.57. The predicted octanol–water partition coefficient (Wildman–Crippen LogP) is -2.65. The molecule has 0 amide bonds. The molecule has 0 saturated carbocycles. The summed E-state index contributed by atoms with van der Waals surface area (Å²) in [6.45, 7) is 0. The zero-order valence-electron chi connectivity index (χ0n) is 10.5. The van der Waals surface area contributed by atoms with Gasteiger partial charge in [-0.25, -0.2) is 8.78 Å². The van der Waals surface area contributed by atoms with E-state index in [1.54, 1.807) is 0 Å². The van der Waals surface area contributed by atoms with Crippen molar-refractivity contribution < 1.29 is 85.4 Å². The van der Waals surface area contributed by atoms with Crippen LogP contribution in [-0.4, -0.2) is 45.8 Å². The standard InChI is InChI=1S/C8H12F2O5.K.H/c1-13-7(12)4(5(11)6(9)10)8(14-2)15-3;;/h4,6,8H,1-3H3;;/q;+1;-1. The molecule has 90 valence electrons. The normalized spacial score (nSPS) is 12.2. The zero-order valence-corrected chi connectivity index (χ0v) is 12.7. The van der Waals surface area contributed by atoms with Crippen LogP contribution >= 0.6 is 0 Å². The van der Waals surface area contributed by atoms with Crippen LogP contribution in [0.15, 0.2) is 0 Å². The van der Waals surface area contributed by atoms with Crippen LogP contribution in [0.25, 0.3) is 0 Å². The van der Waals surface area contributed by atoms with Crippen LogP contribution in [0.1, 0.15) is 1.43 Å². The third kappa shape index (κ3) is 5.26. The van der Waals surface area contributed by atoms with Gasteiger partial charge in [0.05, 0.1) is 7.11 Å². The first-order valence-electron chi connectivity index (χ1n) is 3.94. The number of methoxy groups -OCH3 is 3. The molecule has 0 saturated heterocycles. The van der Waals surface area contributed by atoms with Crippen molar-refractivity contribution in [2.24, 2.45) is 5.92 Å². The van der Waals surface area contributed by atoms with Gasteiger partial charge in [-0.1, -0.05) is 0 Å². The van der Waals surface area contributed by atoms with E-state index in [0.29, 0.717) is 0 Å². The van der Waals surface area contributed by atoms with E-state index in [1.165, 1.54) is 0 Å². The number of Topliss-reactive ketones (excluding diaryl/α,β-unsaturated/α-hetero) is 1. The monoisotopic (exact) mass is 266 g/mol. The second-order valence-corrected chi connectivity index (χ2v) is 2.54. The summed E-state index contributed by atoms with van der Waals surface area (Å²) in [7, 11) is 3.24. The van der Waals surface area contributed by atoms with E-state index >= 15 is 0 Å². The summed E-state index contributed by atoms with van der Waals surface area (Å²) in [4.78, 5) is 22.1. The van der Waals surface area contributed by atoms with E-state index < -0.39 is 30.4 Å². The predicted molar refractivity (Wildman–Crippen MR) is 45.4 cm³/mol. The minimum atomic E-state index is -3.28. The maximum Gasteiger partial charge on any atom is 1.00 e. The molecule has 0 rings (SSSR count). The average molecular weight is 266 g/mol. The van der Waals surface area contributed by atoms with Gasteiger partial charge in [0.1, 0.15) is 0 Å². The summed E-state index contributed by atoms with van der Waals surface area (Å²) < 4.78 is 37.7. The summed E-state index contributed by atoms with van der Waals surface area (Å²) in [5.74, 6) is -4.48. The molecule has 0 bridgehead atoms. The minimum absolute atomic E-state index is 0. The fourth-order valence-electron chi connectivity index (χ4n) is 0.992. The number of halogens is 2. The molecule has 0 heterocycles. The van der Waals surface area contributed by atoms with E-state index in [4.69, 9.17) is 0 Å². The molecule has 0 radical (unpaired) electrons. The third-order valence-electron chi connectivity index (χ3n) is 1.71. The Morgan fingerprint density at radius 1 is 1.12 bits per heavy atom. The average Bonchev–Trinajstić information content (AvgIpc) is 2.23. The molecule has 5 nitrogen and oxygen atoms in total. The Morgan fingerprint density at radius 2 is 1.56 bits per heavy atom. The van der Waals surface area contributed by atoms with Gasteiger partial charge in [0.25, 0.3) is 6.43 Å². The molecular weight excluding hydrogens is 253 g/mol. The summed E-state index contributed by atoms with van der Waals surface area (Å²) in [6.07, 6.45) is -4.65. The Bertz CT molecular complexity index is 238. The van der Waals surface area contributed by atoms with Crippen LogP contribution in [0.5, 0.6) is 0 Å². The van der Waals surface area contributed by atoms with Gasteiger partial charge in [-0.2, -0.15) is 0 Å². The van der Waals surface area contributed by atoms with E-state index in [1.807, 2.05) is 0 Å². The molecule has 1 unspecified atom stereocenters. The molecule has 0 aliphatic heterocycles. The SMILES string of the molecule is COC(=O)C(C(=O)C(F)F)C(OC)OC.[H-].[K+]. The fourth-order valence-corrected chi connectivity index (χ4v) is 0.992. The maximum atomic E-state index is 12.1. The van der Waals surface area contributed by atoms with Crippen LogP contribution < -0.4 is 51.4 Å². The maximum absolute atomic E-state index is 12.1. The van der Waals surface area contributed by atoms with Crippen LogP contribution in [0.3, 0.4) is 0 Å². The second-order valence-electron chi connectivity index (χ2n) is 2.54. The van der Waals surface area contributed by atoms with Gasteiger partial charge in [-0.15, -0.1) is 0 Å². The molecular formula is C8H13F2KO5. The van der Waals surface area contributed by atoms with Gasteiger partial charge < -0.3 is 15.6 Å². The number of ether oxygens (including phenoxy) is 3. The summed E-state index contributed by atoms with van der Waals surface area (Å²) in [6, 6.07) is 0. The van der Waals surface area contributed by atoms with Gasteiger partial charge in [0, 0.05) is 14.2 Å². The Morgan fingerprint density at radius 3 is 1.81 bits per heavy atom. The Hall–Kier alpha value is 0.556. The molecule has 0 aliphatic rings. The van der Waals surface area contributed by atoms with Gasteiger partial charge in [0.15, 0.2) is 12.2 Å². The number of hydrogen-bond donors (Lipinski definition) is 0. The molecule has 0 fully saturated rings. The Labute approximate surface area is 136 Å². The van der Waals surface area contributed by atoms with Crippen LogP contribution in [0, 0.1) is 5.92 Å². The first-order chi connectivity index (χ1) is 6.99. The van der Waals surface area contributed by atoms with Gasteiger partial charge in [-0.05, 0) is 0 Å². The fraction of sp³-hybridized carbons (Fsp3) is 0.750. The number of esters is 1. The van der Waals surface area contributed by atoms with Crippen LogP contribution in [0.4, 0.5) is 8.78 Å². The third-order valence-corrected chi connectivity index (χ3v) is 1.71. The number of hydrogen-bond acceptors (Lipinski definition) is 5. The number of alkyl halides is 2. The topological polar surface area (TPSA) is 61.8 Å². The van der Waals surface area contributed by atoms with Crippen molar-refractivity contribution in [2.75, 3.05) is 21.3 Å². The van der Waals surface area contributed by atoms with Crippen molar-refractivity contribution in [3.05, 3.63) is 0 Å². The van der Waals surface area contributed by atoms with Crippen LogP contribution in [0.2, 0.25) is 0 Å². The van der Waals surface area contributed by atoms with E-state index in [0.717, 1.165) is 21.3 Å². The van der Waals surface area contributed by atoms with Gasteiger partial charge in [0.2, 0.25) is 5.78 Å². The van der Waals surface area contributed by atoms with Crippen molar-refractivity contribution in [1.82, 2.24) is 0 Å². The van der Waals surface area contributed by atoms with Crippen molar-refractivity contribution >= 4 is 11.8 Å². The quantitative estimate of drug-likeness (QED) is 0.227. The van der Waals surface area contributed by atoms with E-state index in [9.17, 15) is 18.4 Å². The largest absolute Gasteiger partial charge is 1.00 e. The smallest absolute Gasteiger partial charge is 1.00 e. The number of rotatable bonds is 6. The van der Waals surface area contributed by atoms with Crippen molar-refractivity contribution in [1.29, 1.82) is 0 Å². The van der Waals surface area contributed by atoms with E-state index in [-0.39, 0.29) is 52.8 Å². The minimum Gasteiger partial charge on any atom is -1.00 e. The Balaban J connectivity index is -0.000000980. The Kier molecular flexibility index (Phi) is 11.3. The van der Waals surface area contributed by atoms with E-state index in [2.05, 4.69) is 14.2 Å². The molecule has 0 aliphatic carbocycles. The molecule has 16 heavy (non-hydrogen) atoms. The molecule has 0 aromatic heterocycles. The summed E-state index contributed by atoms with van der Waals surface area (Å²) in [5, 5.41) is 0. The molecule has 0 aromatic rings.